The molecule has 1 aromatic carbocycles. The molecule has 1 aliphatic heterocycles. The van der Waals surface area contributed by atoms with Crippen LogP contribution < -0.4 is 14.8 Å². The summed E-state index contributed by atoms with van der Waals surface area (Å²) < 4.78 is 10.7. The topological polar surface area (TPSA) is 50.8 Å². The van der Waals surface area contributed by atoms with E-state index in [1.54, 1.807) is 7.11 Å². The molecule has 0 radical (unpaired) electrons. The summed E-state index contributed by atoms with van der Waals surface area (Å²) in [6, 6.07) is 7.29. The molecule has 1 saturated heterocycles. The van der Waals surface area contributed by atoms with Crippen molar-refractivity contribution in [3.63, 3.8) is 0 Å². The van der Waals surface area contributed by atoms with E-state index in [0.717, 1.165) is 25.4 Å². The number of nitrogens with one attached hydrogen (secondary N) is 1. The zero-order valence-electron chi connectivity index (χ0n) is 15.0. The molecule has 5 nitrogen and oxygen atoms in total. The third-order valence-electron chi connectivity index (χ3n) is 5.26. The predicted octanol–water partition coefficient (Wildman–Crippen LogP) is 2.55. The van der Waals surface area contributed by atoms with Crippen molar-refractivity contribution in [3.05, 3.63) is 24.3 Å². The van der Waals surface area contributed by atoms with Gasteiger partial charge in [-0.15, -0.1) is 0 Å². The van der Waals surface area contributed by atoms with E-state index in [-0.39, 0.29) is 18.1 Å². The number of nitrogens with zero attached hydrogens (tertiary/aromatic N) is 1. The first-order chi connectivity index (χ1) is 12.2. The van der Waals surface area contributed by atoms with E-state index >= 15 is 0 Å². The second-order valence-electron chi connectivity index (χ2n) is 6.77. The summed E-state index contributed by atoms with van der Waals surface area (Å²) in [5.74, 6) is 3.82. The Morgan fingerprint density at radius 2 is 1.80 bits per heavy atom. The molecule has 25 heavy (non-hydrogen) atoms. The molecule has 1 heterocycles. The van der Waals surface area contributed by atoms with Crippen LogP contribution in [0.4, 0.5) is 0 Å². The smallest absolute Gasteiger partial charge is 0.258 e. The van der Waals surface area contributed by atoms with Crippen LogP contribution in [0, 0.1) is 0 Å². The SMILES string of the molecule is COc1ccc(OCC(=O)NCC2(N3CCSCC3)CCCC2)cc1. The van der Waals surface area contributed by atoms with Gasteiger partial charge in [0.05, 0.1) is 7.11 Å². The summed E-state index contributed by atoms with van der Waals surface area (Å²) in [4.78, 5) is 14.8. The van der Waals surface area contributed by atoms with Crippen LogP contribution in [-0.2, 0) is 4.79 Å². The van der Waals surface area contributed by atoms with Crippen LogP contribution in [0.15, 0.2) is 24.3 Å². The van der Waals surface area contributed by atoms with Crippen LogP contribution in [0.1, 0.15) is 25.7 Å². The minimum atomic E-state index is -0.0477. The molecule has 138 valence electrons. The van der Waals surface area contributed by atoms with E-state index in [0.29, 0.717) is 5.75 Å². The fourth-order valence-corrected chi connectivity index (χ4v) is 4.71. The number of hydrogen-bond acceptors (Lipinski definition) is 5. The molecule has 2 aliphatic rings. The Hall–Kier alpha value is -1.40. The third kappa shape index (κ3) is 4.82. The van der Waals surface area contributed by atoms with Crippen molar-refractivity contribution >= 4 is 17.7 Å². The molecule has 3 rings (SSSR count). The van der Waals surface area contributed by atoms with Crippen molar-refractivity contribution in [3.8, 4) is 11.5 Å². The number of carbonyl (C=O) groups excluding carboxylic acids is 1. The van der Waals surface area contributed by atoms with Gasteiger partial charge in [0, 0.05) is 36.7 Å². The highest BCUT2D eigenvalue weighted by Crippen LogP contribution is 2.36. The lowest BCUT2D eigenvalue weighted by molar-refractivity contribution is -0.123. The Balaban J connectivity index is 1.48. The van der Waals surface area contributed by atoms with Crippen LogP contribution in [0.2, 0.25) is 0 Å². The quantitative estimate of drug-likeness (QED) is 0.806. The average Bonchev–Trinajstić information content (AvgIpc) is 3.16. The average molecular weight is 365 g/mol. The normalized spacial score (nSPS) is 20.2. The van der Waals surface area contributed by atoms with Gasteiger partial charge in [-0.05, 0) is 37.1 Å². The zero-order valence-corrected chi connectivity index (χ0v) is 15.8. The van der Waals surface area contributed by atoms with Crippen molar-refractivity contribution in [2.45, 2.75) is 31.2 Å². The van der Waals surface area contributed by atoms with Gasteiger partial charge in [0.15, 0.2) is 6.61 Å². The van der Waals surface area contributed by atoms with Gasteiger partial charge in [0.2, 0.25) is 0 Å². The highest BCUT2D eigenvalue weighted by atomic mass is 32.2. The fourth-order valence-electron chi connectivity index (χ4n) is 3.81. The highest BCUT2D eigenvalue weighted by Gasteiger charge is 2.40. The summed E-state index contributed by atoms with van der Waals surface area (Å²) in [6.07, 6.45) is 4.91. The maximum atomic E-state index is 12.2. The van der Waals surface area contributed by atoms with Crippen LogP contribution in [0.25, 0.3) is 0 Å². The molecule has 2 fully saturated rings. The van der Waals surface area contributed by atoms with Gasteiger partial charge in [-0.25, -0.2) is 0 Å². The Bertz CT molecular complexity index is 552. The lowest BCUT2D eigenvalue weighted by Crippen LogP contribution is -2.56. The third-order valence-corrected chi connectivity index (χ3v) is 6.20. The number of methoxy groups -OCH3 is 1. The van der Waals surface area contributed by atoms with E-state index in [4.69, 9.17) is 9.47 Å². The number of thioether (sulfide) groups is 1. The van der Waals surface area contributed by atoms with Crippen LogP contribution in [0.5, 0.6) is 11.5 Å². The first-order valence-electron chi connectivity index (χ1n) is 9.08. The Morgan fingerprint density at radius 1 is 1.16 bits per heavy atom. The lowest BCUT2D eigenvalue weighted by Gasteiger charge is -2.43. The molecule has 0 spiro atoms. The van der Waals surface area contributed by atoms with Gasteiger partial charge in [-0.2, -0.15) is 11.8 Å². The molecule has 1 amide bonds. The standard InChI is InChI=1S/C19H28N2O3S/c1-23-16-4-6-17(7-5-16)24-14-18(22)20-15-19(8-2-3-9-19)21-10-12-25-13-11-21/h4-7H,2-3,8-15H2,1H3,(H,20,22). The van der Waals surface area contributed by atoms with Gasteiger partial charge >= 0.3 is 0 Å². The van der Waals surface area contributed by atoms with Crippen molar-refractivity contribution in [2.24, 2.45) is 0 Å². The van der Waals surface area contributed by atoms with Gasteiger partial charge in [-0.3, -0.25) is 9.69 Å². The van der Waals surface area contributed by atoms with Crippen LogP contribution in [0.3, 0.4) is 0 Å². The molecular formula is C19H28N2O3S. The van der Waals surface area contributed by atoms with Crippen molar-refractivity contribution < 1.29 is 14.3 Å². The molecule has 0 unspecified atom stereocenters. The number of rotatable bonds is 7. The summed E-state index contributed by atoms with van der Waals surface area (Å²) in [7, 11) is 1.63. The van der Waals surface area contributed by atoms with Gasteiger partial charge in [0.25, 0.3) is 5.91 Å². The van der Waals surface area contributed by atoms with Gasteiger partial charge in [-0.1, -0.05) is 12.8 Å². The predicted molar refractivity (Wildman–Crippen MR) is 102 cm³/mol. The zero-order chi connectivity index (χ0) is 17.5. The molecule has 1 N–H and O–H groups in total. The number of amides is 1. The minimum absolute atomic E-state index is 0.0477. The molecule has 0 bridgehead atoms. The van der Waals surface area contributed by atoms with E-state index in [1.165, 1.54) is 37.2 Å². The summed E-state index contributed by atoms with van der Waals surface area (Å²) >= 11 is 2.03. The maximum absolute atomic E-state index is 12.2. The Labute approximate surface area is 154 Å². The fraction of sp³-hybridized carbons (Fsp3) is 0.632. The van der Waals surface area contributed by atoms with E-state index in [1.807, 2.05) is 36.0 Å². The van der Waals surface area contributed by atoms with E-state index < -0.39 is 0 Å². The molecule has 1 aromatic rings. The number of benzene rings is 1. The Morgan fingerprint density at radius 3 is 2.44 bits per heavy atom. The monoisotopic (exact) mass is 364 g/mol. The lowest BCUT2D eigenvalue weighted by atomic mass is 9.94. The molecule has 1 saturated carbocycles. The molecular weight excluding hydrogens is 336 g/mol. The summed E-state index contributed by atoms with van der Waals surface area (Å²) in [5, 5.41) is 3.12. The van der Waals surface area contributed by atoms with Crippen LogP contribution in [-0.4, -0.2) is 61.2 Å². The second-order valence-corrected chi connectivity index (χ2v) is 8.00. The largest absolute Gasteiger partial charge is 0.497 e. The maximum Gasteiger partial charge on any atom is 0.258 e. The number of hydrogen-bond donors (Lipinski definition) is 1. The van der Waals surface area contributed by atoms with E-state index in [9.17, 15) is 4.79 Å². The van der Waals surface area contributed by atoms with Crippen molar-refractivity contribution in [1.29, 1.82) is 0 Å². The Kier molecular flexibility index (Phi) is 6.48. The number of carbonyl (C=O) groups is 1. The van der Waals surface area contributed by atoms with Gasteiger partial charge < -0.3 is 14.8 Å². The second kappa shape index (κ2) is 8.81. The molecule has 1 aliphatic carbocycles. The minimum Gasteiger partial charge on any atom is -0.497 e. The van der Waals surface area contributed by atoms with Crippen molar-refractivity contribution in [2.75, 3.05) is 44.9 Å². The van der Waals surface area contributed by atoms with E-state index in [2.05, 4.69) is 10.2 Å². The molecule has 0 aromatic heterocycles. The van der Waals surface area contributed by atoms with Crippen LogP contribution >= 0.6 is 11.8 Å². The van der Waals surface area contributed by atoms with Crippen molar-refractivity contribution in [1.82, 2.24) is 10.2 Å². The first kappa shape index (κ1) is 18.4. The summed E-state index contributed by atoms with van der Waals surface area (Å²) in [6.45, 7) is 3.08. The summed E-state index contributed by atoms with van der Waals surface area (Å²) in [5.41, 5.74) is 0.163. The highest BCUT2D eigenvalue weighted by molar-refractivity contribution is 7.99. The van der Waals surface area contributed by atoms with Gasteiger partial charge in [0.1, 0.15) is 11.5 Å². The first-order valence-corrected chi connectivity index (χ1v) is 10.2. The molecule has 6 heteroatoms. The number of ether oxygens (including phenoxy) is 2. The molecule has 0 atom stereocenters.